The predicted octanol–water partition coefficient (Wildman–Crippen LogP) is 0.461. The number of ether oxygens (including phenoxy) is 2. The van der Waals surface area contributed by atoms with Crippen molar-refractivity contribution in [2.75, 3.05) is 39.4 Å². The Morgan fingerprint density at radius 3 is 2.87 bits per heavy atom. The molecule has 4 heteroatoms. The lowest BCUT2D eigenvalue weighted by atomic mass is 10.2. The average molecular weight is 216 g/mol. The minimum atomic E-state index is 0.194. The van der Waals surface area contributed by atoms with Crippen LogP contribution in [0.4, 0.5) is 0 Å². The summed E-state index contributed by atoms with van der Waals surface area (Å²) in [6, 6.07) is 0. The molecule has 1 rings (SSSR count). The normalized spacial score (nSPS) is 28.2. The van der Waals surface area contributed by atoms with Gasteiger partial charge in [0.25, 0.3) is 0 Å². The second-order valence-electron chi connectivity index (χ2n) is 4.18. The Bertz CT molecular complexity index is 167. The second-order valence-corrected chi connectivity index (χ2v) is 4.18. The molecule has 0 radical (unpaired) electrons. The van der Waals surface area contributed by atoms with Crippen LogP contribution in [0.5, 0.6) is 0 Å². The van der Waals surface area contributed by atoms with Crippen molar-refractivity contribution in [2.45, 2.75) is 32.5 Å². The molecule has 90 valence electrons. The molecule has 1 aliphatic rings. The van der Waals surface area contributed by atoms with Gasteiger partial charge in [0.2, 0.25) is 0 Å². The van der Waals surface area contributed by atoms with Gasteiger partial charge in [-0.3, -0.25) is 4.90 Å². The lowest BCUT2D eigenvalue weighted by Gasteiger charge is -2.36. The number of morpholine rings is 1. The van der Waals surface area contributed by atoms with Gasteiger partial charge in [-0.25, -0.2) is 0 Å². The number of hydrogen-bond donors (Lipinski definition) is 1. The van der Waals surface area contributed by atoms with E-state index in [2.05, 4.69) is 18.7 Å². The highest BCUT2D eigenvalue weighted by molar-refractivity contribution is 4.75. The van der Waals surface area contributed by atoms with Crippen LogP contribution in [0.15, 0.2) is 0 Å². The van der Waals surface area contributed by atoms with Crippen LogP contribution in [0.2, 0.25) is 0 Å². The summed E-state index contributed by atoms with van der Waals surface area (Å²) in [7, 11) is 0. The van der Waals surface area contributed by atoms with Gasteiger partial charge in [0.1, 0.15) is 0 Å². The predicted molar refractivity (Wildman–Crippen MR) is 60.9 cm³/mol. The summed E-state index contributed by atoms with van der Waals surface area (Å²) < 4.78 is 11.2. The summed E-state index contributed by atoms with van der Waals surface area (Å²) in [6.45, 7) is 9.43. The quantitative estimate of drug-likeness (QED) is 0.655. The highest BCUT2D eigenvalue weighted by atomic mass is 16.5. The molecule has 1 saturated heterocycles. The summed E-state index contributed by atoms with van der Waals surface area (Å²) in [5, 5.41) is 0. The minimum Gasteiger partial charge on any atom is -0.380 e. The third-order valence-corrected chi connectivity index (χ3v) is 2.57. The molecule has 0 amide bonds. The molecule has 0 bridgehead atoms. The monoisotopic (exact) mass is 216 g/mol. The van der Waals surface area contributed by atoms with Crippen molar-refractivity contribution in [3.8, 4) is 0 Å². The Balaban J connectivity index is 2.16. The zero-order chi connectivity index (χ0) is 11.1. The highest BCUT2D eigenvalue weighted by Crippen LogP contribution is 2.09. The van der Waals surface area contributed by atoms with Gasteiger partial charge >= 0.3 is 0 Å². The number of nitrogens with zero attached hydrogens (tertiary/aromatic N) is 1. The van der Waals surface area contributed by atoms with E-state index in [0.29, 0.717) is 12.6 Å². The van der Waals surface area contributed by atoms with E-state index in [9.17, 15) is 0 Å². The fourth-order valence-corrected chi connectivity index (χ4v) is 1.89. The molecular formula is C11H24N2O2. The maximum atomic E-state index is 5.69. The van der Waals surface area contributed by atoms with E-state index in [1.807, 2.05) is 0 Å². The Morgan fingerprint density at radius 1 is 1.40 bits per heavy atom. The maximum Gasteiger partial charge on any atom is 0.0828 e. The zero-order valence-corrected chi connectivity index (χ0v) is 9.95. The Morgan fingerprint density at radius 2 is 2.20 bits per heavy atom. The summed E-state index contributed by atoms with van der Waals surface area (Å²) in [6.07, 6.45) is 1.57. The highest BCUT2D eigenvalue weighted by Gasteiger charge is 2.23. The minimum absolute atomic E-state index is 0.194. The molecule has 15 heavy (non-hydrogen) atoms. The Hall–Kier alpha value is -0.160. The average Bonchev–Trinajstić information content (AvgIpc) is 2.23. The van der Waals surface area contributed by atoms with E-state index in [1.165, 1.54) is 0 Å². The van der Waals surface area contributed by atoms with Gasteiger partial charge < -0.3 is 15.2 Å². The smallest absolute Gasteiger partial charge is 0.0828 e. The van der Waals surface area contributed by atoms with Crippen molar-refractivity contribution in [2.24, 2.45) is 5.73 Å². The molecule has 0 aromatic rings. The van der Waals surface area contributed by atoms with Crippen molar-refractivity contribution < 1.29 is 9.47 Å². The first-order chi connectivity index (χ1) is 7.26. The van der Waals surface area contributed by atoms with E-state index >= 15 is 0 Å². The van der Waals surface area contributed by atoms with Gasteiger partial charge in [0.05, 0.1) is 18.8 Å². The molecular weight excluding hydrogens is 192 g/mol. The number of nitrogens with two attached hydrogens (primary N) is 1. The topological polar surface area (TPSA) is 47.7 Å². The first-order valence-electron chi connectivity index (χ1n) is 5.91. The van der Waals surface area contributed by atoms with Crippen LogP contribution in [0, 0.1) is 0 Å². The van der Waals surface area contributed by atoms with E-state index in [0.717, 1.165) is 39.3 Å². The van der Waals surface area contributed by atoms with Crippen LogP contribution >= 0.6 is 0 Å². The Kier molecular flexibility index (Phi) is 6.17. The van der Waals surface area contributed by atoms with Crippen molar-refractivity contribution in [1.82, 2.24) is 4.90 Å². The molecule has 1 heterocycles. The third kappa shape index (κ3) is 4.93. The van der Waals surface area contributed by atoms with Crippen LogP contribution in [0.1, 0.15) is 20.3 Å². The second kappa shape index (κ2) is 7.17. The fourth-order valence-electron chi connectivity index (χ4n) is 1.89. The van der Waals surface area contributed by atoms with Crippen LogP contribution in [-0.4, -0.2) is 56.5 Å². The van der Waals surface area contributed by atoms with E-state index in [-0.39, 0.29) is 6.10 Å². The maximum absolute atomic E-state index is 5.69. The summed E-state index contributed by atoms with van der Waals surface area (Å²) >= 11 is 0. The van der Waals surface area contributed by atoms with Crippen LogP contribution in [0.25, 0.3) is 0 Å². The van der Waals surface area contributed by atoms with E-state index in [1.54, 1.807) is 0 Å². The first-order valence-corrected chi connectivity index (χ1v) is 5.91. The van der Waals surface area contributed by atoms with Gasteiger partial charge in [-0.1, -0.05) is 6.92 Å². The summed E-state index contributed by atoms with van der Waals surface area (Å²) in [5.41, 5.74) is 5.62. The van der Waals surface area contributed by atoms with Crippen molar-refractivity contribution in [1.29, 1.82) is 0 Å². The van der Waals surface area contributed by atoms with Gasteiger partial charge in [-0.05, 0) is 13.3 Å². The molecule has 0 aromatic carbocycles. The van der Waals surface area contributed by atoms with Crippen molar-refractivity contribution >= 4 is 0 Å². The Labute approximate surface area is 92.7 Å². The van der Waals surface area contributed by atoms with E-state index < -0.39 is 0 Å². The van der Waals surface area contributed by atoms with Crippen LogP contribution in [0.3, 0.4) is 0 Å². The van der Waals surface area contributed by atoms with Gasteiger partial charge in [0.15, 0.2) is 0 Å². The molecule has 0 aliphatic carbocycles. The van der Waals surface area contributed by atoms with Crippen molar-refractivity contribution in [3.63, 3.8) is 0 Å². The molecule has 0 spiro atoms. The third-order valence-electron chi connectivity index (χ3n) is 2.57. The molecule has 4 nitrogen and oxygen atoms in total. The molecule has 2 unspecified atom stereocenters. The van der Waals surface area contributed by atoms with Crippen molar-refractivity contribution in [3.05, 3.63) is 0 Å². The molecule has 1 fully saturated rings. The zero-order valence-electron chi connectivity index (χ0n) is 9.95. The largest absolute Gasteiger partial charge is 0.380 e. The summed E-state index contributed by atoms with van der Waals surface area (Å²) in [4.78, 5) is 2.38. The molecule has 1 aliphatic heterocycles. The fraction of sp³-hybridized carbons (Fsp3) is 1.00. The summed E-state index contributed by atoms with van der Waals surface area (Å²) in [5.74, 6) is 0. The number of rotatable bonds is 6. The molecule has 0 aromatic heterocycles. The van der Waals surface area contributed by atoms with Crippen LogP contribution in [-0.2, 0) is 9.47 Å². The van der Waals surface area contributed by atoms with Crippen LogP contribution < -0.4 is 5.73 Å². The lowest BCUT2D eigenvalue weighted by molar-refractivity contribution is -0.0768. The van der Waals surface area contributed by atoms with E-state index in [4.69, 9.17) is 15.2 Å². The molecule has 2 N–H and O–H groups in total. The molecule has 2 atom stereocenters. The standard InChI is InChI=1S/C11H24N2O2/c1-3-5-14-6-4-13-8-10(2)15-11(7-12)9-13/h10-11H,3-9,12H2,1-2H3. The van der Waals surface area contributed by atoms with Gasteiger partial charge in [-0.15, -0.1) is 0 Å². The molecule has 0 saturated carbocycles. The lowest BCUT2D eigenvalue weighted by Crippen LogP contribution is -2.50. The SMILES string of the molecule is CCCOCCN1CC(C)OC(CN)C1. The van der Waals surface area contributed by atoms with Gasteiger partial charge in [-0.2, -0.15) is 0 Å². The van der Waals surface area contributed by atoms with Gasteiger partial charge in [0, 0.05) is 32.8 Å². The first kappa shape index (κ1) is 12.9. The number of hydrogen-bond acceptors (Lipinski definition) is 4.